The van der Waals surface area contributed by atoms with E-state index in [1.807, 2.05) is 24.4 Å². The monoisotopic (exact) mass is 407 g/mol. The molecule has 0 aromatic carbocycles. The Kier molecular flexibility index (Phi) is 8.95. The van der Waals surface area contributed by atoms with Crippen molar-refractivity contribution in [2.45, 2.75) is 71.1 Å². The summed E-state index contributed by atoms with van der Waals surface area (Å²) >= 11 is 0. The van der Waals surface area contributed by atoms with Crippen molar-refractivity contribution in [3.8, 4) is 17.1 Å². The molecular weight excluding hydrogens is 370 g/mol. The minimum absolute atomic E-state index is 0.842. The third kappa shape index (κ3) is 6.72. The summed E-state index contributed by atoms with van der Waals surface area (Å²) in [5.74, 6) is 0.842. The molecule has 4 nitrogen and oxygen atoms in total. The van der Waals surface area contributed by atoms with Gasteiger partial charge in [-0.25, -0.2) is 0 Å². The van der Waals surface area contributed by atoms with E-state index in [2.05, 4.69) is 46.2 Å². The van der Waals surface area contributed by atoms with E-state index in [9.17, 15) is 0 Å². The predicted molar refractivity (Wildman–Crippen MR) is 127 cm³/mol. The van der Waals surface area contributed by atoms with Crippen LogP contribution >= 0.6 is 0 Å². The standard InChI is InChI=1S/C26H37N3O/c1-3-4-5-6-7-8-9-10-11-12-14-21-16-17-22(28-21)19-25-26(30-2)20-24(29-25)23-15-13-18-27-23/h13-20,27-29H,3-12H2,1-2H3. The van der Waals surface area contributed by atoms with Crippen LogP contribution in [0.15, 0.2) is 36.5 Å². The molecule has 0 spiro atoms. The Morgan fingerprint density at radius 3 is 2.27 bits per heavy atom. The Morgan fingerprint density at radius 2 is 1.57 bits per heavy atom. The zero-order chi connectivity index (χ0) is 21.0. The number of rotatable bonds is 13. The molecule has 0 radical (unpaired) electrons. The fourth-order valence-corrected chi connectivity index (χ4v) is 3.87. The van der Waals surface area contributed by atoms with Gasteiger partial charge in [0.2, 0.25) is 0 Å². The molecule has 0 amide bonds. The van der Waals surface area contributed by atoms with Crippen molar-refractivity contribution in [3.63, 3.8) is 0 Å². The summed E-state index contributed by atoms with van der Waals surface area (Å²) in [5, 5.41) is 2.27. The topological polar surface area (TPSA) is 56.6 Å². The molecule has 30 heavy (non-hydrogen) atoms. The largest absolute Gasteiger partial charge is 0.494 e. The summed E-state index contributed by atoms with van der Waals surface area (Å²) in [6.45, 7) is 2.28. The molecule has 0 unspecified atom stereocenters. The first kappa shape index (κ1) is 22.1. The normalized spacial score (nSPS) is 12.7. The van der Waals surface area contributed by atoms with Gasteiger partial charge in [0.25, 0.3) is 0 Å². The van der Waals surface area contributed by atoms with E-state index in [0.717, 1.165) is 34.6 Å². The van der Waals surface area contributed by atoms with Crippen molar-refractivity contribution in [3.05, 3.63) is 52.9 Å². The molecule has 3 heterocycles. The number of hydrogen-bond donors (Lipinski definition) is 3. The van der Waals surface area contributed by atoms with Crippen LogP contribution in [0.1, 0.15) is 76.8 Å². The Labute approximate surface area is 180 Å². The van der Waals surface area contributed by atoms with Gasteiger partial charge in [-0.2, -0.15) is 0 Å². The average molecular weight is 408 g/mol. The lowest BCUT2D eigenvalue weighted by atomic mass is 10.1. The van der Waals surface area contributed by atoms with E-state index in [1.165, 1.54) is 63.1 Å². The molecule has 3 aromatic rings. The highest BCUT2D eigenvalue weighted by Gasteiger charge is 2.08. The molecule has 0 fully saturated rings. The van der Waals surface area contributed by atoms with E-state index in [4.69, 9.17) is 4.74 Å². The van der Waals surface area contributed by atoms with Crippen molar-refractivity contribution >= 4 is 12.2 Å². The van der Waals surface area contributed by atoms with Gasteiger partial charge in [-0.15, -0.1) is 0 Å². The van der Waals surface area contributed by atoms with Crippen LogP contribution in [-0.4, -0.2) is 22.1 Å². The van der Waals surface area contributed by atoms with Crippen LogP contribution in [0.2, 0.25) is 0 Å². The summed E-state index contributed by atoms with van der Waals surface area (Å²) < 4.78 is 5.54. The first-order valence-corrected chi connectivity index (χ1v) is 11.6. The maximum Gasteiger partial charge on any atom is 0.144 e. The molecule has 4 heteroatoms. The van der Waals surface area contributed by atoms with Gasteiger partial charge in [-0.05, 0) is 43.2 Å². The van der Waals surface area contributed by atoms with Gasteiger partial charge >= 0.3 is 0 Å². The van der Waals surface area contributed by atoms with Crippen molar-refractivity contribution in [2.24, 2.45) is 0 Å². The zero-order valence-electron chi connectivity index (χ0n) is 18.6. The first-order valence-electron chi connectivity index (χ1n) is 11.6. The number of nitrogens with one attached hydrogen (secondary N) is 3. The number of unbranched alkanes of at least 4 members (excludes halogenated alkanes) is 9. The Balaban J connectivity index is 1.49. The minimum atomic E-state index is 0.842. The quantitative estimate of drug-likeness (QED) is 0.305. The van der Waals surface area contributed by atoms with Crippen molar-refractivity contribution in [1.82, 2.24) is 15.0 Å². The molecule has 3 N–H and O–H groups in total. The number of H-pyrrole nitrogens is 3. The summed E-state index contributed by atoms with van der Waals surface area (Å²) in [6.07, 6.45) is 19.8. The summed E-state index contributed by atoms with van der Waals surface area (Å²) in [7, 11) is 1.71. The number of ether oxygens (including phenoxy) is 1. The molecule has 0 bridgehead atoms. The van der Waals surface area contributed by atoms with Gasteiger partial charge in [0.15, 0.2) is 0 Å². The highest BCUT2D eigenvalue weighted by Crippen LogP contribution is 2.26. The van der Waals surface area contributed by atoms with Crippen LogP contribution in [0, 0.1) is 0 Å². The van der Waals surface area contributed by atoms with E-state index < -0.39 is 0 Å². The zero-order valence-corrected chi connectivity index (χ0v) is 18.6. The molecule has 3 aromatic heterocycles. The number of aromatic nitrogens is 3. The number of hydrogen-bond acceptors (Lipinski definition) is 1. The van der Waals surface area contributed by atoms with Gasteiger partial charge in [0.1, 0.15) is 5.75 Å². The molecule has 0 saturated heterocycles. The lowest BCUT2D eigenvalue weighted by Gasteiger charge is -2.00. The van der Waals surface area contributed by atoms with Gasteiger partial charge < -0.3 is 19.7 Å². The molecule has 3 rings (SSSR count). The van der Waals surface area contributed by atoms with Crippen LogP contribution in [0.3, 0.4) is 0 Å². The van der Waals surface area contributed by atoms with Gasteiger partial charge in [0.05, 0.1) is 24.2 Å². The minimum Gasteiger partial charge on any atom is -0.494 e. The lowest BCUT2D eigenvalue weighted by molar-refractivity contribution is 0.414. The van der Waals surface area contributed by atoms with Crippen molar-refractivity contribution < 1.29 is 4.74 Å². The fraction of sp³-hybridized carbons (Fsp3) is 0.462. The second-order valence-corrected chi connectivity index (χ2v) is 8.08. The highest BCUT2D eigenvalue weighted by atomic mass is 16.5. The average Bonchev–Trinajstić information content (AvgIpc) is 3.50. The van der Waals surface area contributed by atoms with Crippen LogP contribution in [0.25, 0.3) is 23.5 Å². The Morgan fingerprint density at radius 1 is 0.833 bits per heavy atom. The molecule has 0 aliphatic carbocycles. The van der Waals surface area contributed by atoms with Crippen molar-refractivity contribution in [1.29, 1.82) is 0 Å². The summed E-state index contributed by atoms with van der Waals surface area (Å²) in [4.78, 5) is 10.2. The SMILES string of the molecule is CCCCCCCCCCCC=c1ccc(=Cc2[nH]c(-c3ccc[nH]3)cc2OC)[nH]1. The number of aromatic amines is 3. The molecule has 0 saturated carbocycles. The van der Waals surface area contributed by atoms with E-state index in [1.54, 1.807) is 7.11 Å². The van der Waals surface area contributed by atoms with Gasteiger partial charge in [0, 0.05) is 23.0 Å². The summed E-state index contributed by atoms with van der Waals surface area (Å²) in [6, 6.07) is 10.3. The Hall–Kier alpha value is -2.62. The Bertz CT molecular complexity index is 963. The second kappa shape index (κ2) is 12.2. The molecule has 0 aliphatic heterocycles. The molecular formula is C26H37N3O. The van der Waals surface area contributed by atoms with Crippen LogP contribution < -0.4 is 15.4 Å². The second-order valence-electron chi connectivity index (χ2n) is 8.08. The fourth-order valence-electron chi connectivity index (χ4n) is 3.87. The highest BCUT2D eigenvalue weighted by molar-refractivity contribution is 5.65. The van der Waals surface area contributed by atoms with Crippen LogP contribution in [-0.2, 0) is 0 Å². The lowest BCUT2D eigenvalue weighted by Crippen LogP contribution is -2.09. The molecule has 0 atom stereocenters. The van der Waals surface area contributed by atoms with Gasteiger partial charge in [-0.1, -0.05) is 64.4 Å². The smallest absolute Gasteiger partial charge is 0.144 e. The van der Waals surface area contributed by atoms with Crippen LogP contribution in [0.5, 0.6) is 5.75 Å². The predicted octanol–water partition coefficient (Wildman–Crippen LogP) is 5.88. The van der Waals surface area contributed by atoms with E-state index in [0.29, 0.717) is 0 Å². The van der Waals surface area contributed by atoms with E-state index in [-0.39, 0.29) is 0 Å². The van der Waals surface area contributed by atoms with Gasteiger partial charge in [-0.3, -0.25) is 0 Å². The third-order valence-corrected chi connectivity index (χ3v) is 5.62. The maximum atomic E-state index is 5.54. The number of methoxy groups -OCH3 is 1. The maximum absolute atomic E-state index is 5.54. The third-order valence-electron chi connectivity index (χ3n) is 5.62. The van der Waals surface area contributed by atoms with Crippen LogP contribution in [0.4, 0.5) is 0 Å². The van der Waals surface area contributed by atoms with E-state index >= 15 is 0 Å². The summed E-state index contributed by atoms with van der Waals surface area (Å²) in [5.41, 5.74) is 3.04. The molecule has 0 aliphatic rings. The van der Waals surface area contributed by atoms with Crippen molar-refractivity contribution in [2.75, 3.05) is 7.11 Å². The molecule has 162 valence electrons. The first-order chi connectivity index (χ1) is 14.8.